The number of benzene rings is 9. The average molecular weight is 929 g/mol. The van der Waals surface area contributed by atoms with Crippen molar-refractivity contribution >= 4 is 38.9 Å². The quantitative estimate of drug-likeness (QED) is 0.140. The molecule has 2 aromatic heterocycles. The van der Waals surface area contributed by atoms with Gasteiger partial charge in [-0.1, -0.05) is 133 Å². The average Bonchev–Trinajstić information content (AvgIpc) is 3.79. The molecule has 0 aliphatic carbocycles. The molecule has 0 aliphatic rings. The Balaban J connectivity index is 1.32. The van der Waals surface area contributed by atoms with Crippen LogP contribution >= 0.6 is 0 Å². The zero-order chi connectivity index (χ0) is 50.0. The van der Waals surface area contributed by atoms with Crippen molar-refractivity contribution in [3.05, 3.63) is 245 Å². The van der Waals surface area contributed by atoms with Crippen molar-refractivity contribution in [1.29, 1.82) is 15.8 Å². The summed E-state index contributed by atoms with van der Waals surface area (Å²) in [7, 11) is 0. The molecule has 9 aromatic carbocycles. The van der Waals surface area contributed by atoms with Crippen LogP contribution in [0, 0.1) is 53.7 Å². The van der Waals surface area contributed by atoms with Crippen molar-refractivity contribution in [1.82, 2.24) is 19.5 Å². The van der Waals surface area contributed by atoms with Gasteiger partial charge in [-0.3, -0.25) is 0 Å². The molecule has 10 heteroatoms. The molecule has 0 aliphatic heterocycles. The van der Waals surface area contributed by atoms with Crippen LogP contribution in [0.2, 0.25) is 0 Å². The van der Waals surface area contributed by atoms with Crippen LogP contribution in [0.3, 0.4) is 0 Å². The Morgan fingerprint density at radius 1 is 0.370 bits per heavy atom. The number of nitrogens with zero attached hydrogens (tertiary/aromatic N) is 10. The molecule has 0 bridgehead atoms. The molecule has 73 heavy (non-hydrogen) atoms. The first-order valence-electron chi connectivity index (χ1n) is 22.8. The first-order valence-corrected chi connectivity index (χ1v) is 22.8. The summed E-state index contributed by atoms with van der Waals surface area (Å²) < 4.78 is 2.13. The normalized spacial score (nSPS) is 10.7. The molecule has 0 fully saturated rings. The van der Waals surface area contributed by atoms with Crippen LogP contribution in [0.5, 0.6) is 0 Å². The summed E-state index contributed by atoms with van der Waals surface area (Å²) in [5.74, 6) is 1.20. The van der Waals surface area contributed by atoms with Crippen LogP contribution in [0.1, 0.15) is 16.7 Å². The molecule has 2 heterocycles. The Morgan fingerprint density at radius 3 is 1.37 bits per heavy atom. The van der Waals surface area contributed by atoms with Crippen LogP contribution in [-0.2, 0) is 0 Å². The highest BCUT2D eigenvalue weighted by atomic mass is 15.0. The predicted octanol–water partition coefficient (Wildman–Crippen LogP) is 15.9. The van der Waals surface area contributed by atoms with E-state index in [1.54, 1.807) is 48.5 Å². The van der Waals surface area contributed by atoms with Gasteiger partial charge in [-0.25, -0.2) is 29.5 Å². The lowest BCUT2D eigenvalue weighted by Crippen LogP contribution is -2.04. The van der Waals surface area contributed by atoms with Gasteiger partial charge in [0.05, 0.1) is 71.3 Å². The third kappa shape index (κ3) is 8.11. The van der Waals surface area contributed by atoms with Gasteiger partial charge in [-0.05, 0) is 94.0 Å². The predicted molar refractivity (Wildman–Crippen MR) is 285 cm³/mol. The number of fused-ring (bicyclic) bond motifs is 3. The van der Waals surface area contributed by atoms with E-state index in [4.69, 9.17) is 34.7 Å². The molecule has 0 unspecified atom stereocenters. The molecular formula is C63H32N10. The molecule has 0 atom stereocenters. The van der Waals surface area contributed by atoms with E-state index >= 15 is 0 Å². The lowest BCUT2D eigenvalue weighted by Gasteiger charge is -2.22. The Hall–Kier alpha value is -11.3. The highest BCUT2D eigenvalue weighted by molar-refractivity contribution is 6.13. The van der Waals surface area contributed by atoms with E-state index in [0.29, 0.717) is 62.2 Å². The van der Waals surface area contributed by atoms with Crippen LogP contribution in [0.4, 0.5) is 17.1 Å². The van der Waals surface area contributed by atoms with Gasteiger partial charge in [0.1, 0.15) is 0 Å². The highest BCUT2D eigenvalue weighted by Gasteiger charge is 2.25. The van der Waals surface area contributed by atoms with Gasteiger partial charge in [-0.15, -0.1) is 0 Å². The largest absolute Gasteiger partial charge is 0.308 e. The minimum Gasteiger partial charge on any atom is -0.308 e. The molecule has 0 radical (unpaired) electrons. The number of para-hydroxylation sites is 1. The lowest BCUT2D eigenvalue weighted by atomic mass is 9.90. The van der Waals surface area contributed by atoms with Gasteiger partial charge >= 0.3 is 0 Å². The van der Waals surface area contributed by atoms with Gasteiger partial charge in [0.2, 0.25) is 0 Å². The SMILES string of the molecule is [C-]#[N+]c1cc([N+]#[C-])cc(-c2cc(-c3nc(-c4ccccc4)nc(-c4ccccc4)n3)cc(-c3cc(C#N)cc(C#N)c3)c2-n2c3ccc(-c4ccccc4C#N)cc3c3cc(-c4ccccc4[N+]#[C-])ccc32)c1. The molecule has 0 saturated heterocycles. The van der Waals surface area contributed by atoms with Crippen LogP contribution in [0.25, 0.3) is 121 Å². The van der Waals surface area contributed by atoms with E-state index in [2.05, 4.69) is 49.4 Å². The van der Waals surface area contributed by atoms with Gasteiger partial charge in [0.25, 0.3) is 0 Å². The van der Waals surface area contributed by atoms with Crippen LogP contribution in [0.15, 0.2) is 194 Å². The number of rotatable bonds is 8. The summed E-state index contributed by atoms with van der Waals surface area (Å²) in [6.07, 6.45) is 0. The monoisotopic (exact) mass is 928 g/mol. The Labute approximate surface area is 420 Å². The van der Waals surface area contributed by atoms with Gasteiger partial charge in [0, 0.05) is 38.6 Å². The first kappa shape index (κ1) is 44.2. The Kier molecular flexibility index (Phi) is 11.3. The molecule has 11 rings (SSSR count). The van der Waals surface area contributed by atoms with Crippen LogP contribution < -0.4 is 0 Å². The summed E-state index contributed by atoms with van der Waals surface area (Å²) in [5, 5.41) is 32.8. The van der Waals surface area contributed by atoms with Crippen molar-refractivity contribution in [2.75, 3.05) is 0 Å². The first-order chi connectivity index (χ1) is 35.9. The molecule has 11 aromatic rings. The number of hydrogen-bond donors (Lipinski definition) is 0. The van der Waals surface area contributed by atoms with E-state index in [0.717, 1.165) is 55.2 Å². The Bertz CT molecular complexity index is 4010. The third-order valence-electron chi connectivity index (χ3n) is 12.7. The molecule has 0 spiro atoms. The zero-order valence-electron chi connectivity index (χ0n) is 38.4. The number of aromatic nitrogens is 4. The molecule has 10 nitrogen and oxygen atoms in total. The summed E-state index contributed by atoms with van der Waals surface area (Å²) >= 11 is 0. The minimum atomic E-state index is 0.253. The molecule has 0 amide bonds. The van der Waals surface area contributed by atoms with Crippen molar-refractivity contribution in [2.24, 2.45) is 0 Å². The third-order valence-corrected chi connectivity index (χ3v) is 12.7. The van der Waals surface area contributed by atoms with E-state index in [9.17, 15) is 15.8 Å². The topological polar surface area (TPSA) is 128 Å². The second-order valence-electron chi connectivity index (χ2n) is 17.0. The van der Waals surface area contributed by atoms with Crippen molar-refractivity contribution in [3.8, 4) is 103 Å². The maximum Gasteiger partial charge on any atom is 0.194 e. The summed E-state index contributed by atoms with van der Waals surface area (Å²) in [5.41, 5.74) is 11.7. The lowest BCUT2D eigenvalue weighted by molar-refractivity contribution is 1.07. The van der Waals surface area contributed by atoms with E-state index in [1.807, 2.05) is 133 Å². The summed E-state index contributed by atoms with van der Waals surface area (Å²) in [4.78, 5) is 26.7. The number of nitriles is 3. The maximum absolute atomic E-state index is 10.5. The zero-order valence-corrected chi connectivity index (χ0v) is 38.4. The second-order valence-corrected chi connectivity index (χ2v) is 17.0. The van der Waals surface area contributed by atoms with Crippen LogP contribution in [-0.4, -0.2) is 19.5 Å². The smallest absolute Gasteiger partial charge is 0.194 e. The fraction of sp³-hybridized carbons (Fsp3) is 0. The second kappa shape index (κ2) is 18.7. The van der Waals surface area contributed by atoms with Gasteiger partial charge < -0.3 is 4.57 Å². The minimum absolute atomic E-state index is 0.253. The van der Waals surface area contributed by atoms with Crippen molar-refractivity contribution in [2.45, 2.75) is 0 Å². The fourth-order valence-electron chi connectivity index (χ4n) is 9.42. The molecule has 334 valence electrons. The summed E-state index contributed by atoms with van der Waals surface area (Å²) in [6.45, 7) is 24.4. The Morgan fingerprint density at radius 2 is 0.849 bits per heavy atom. The molecular weight excluding hydrogens is 897 g/mol. The fourth-order valence-corrected chi connectivity index (χ4v) is 9.42. The van der Waals surface area contributed by atoms with E-state index in [1.165, 1.54) is 0 Å². The van der Waals surface area contributed by atoms with E-state index in [-0.39, 0.29) is 22.5 Å². The van der Waals surface area contributed by atoms with Gasteiger partial charge in [-0.2, -0.15) is 15.8 Å². The molecule has 0 N–H and O–H groups in total. The van der Waals surface area contributed by atoms with Crippen molar-refractivity contribution in [3.63, 3.8) is 0 Å². The van der Waals surface area contributed by atoms with Crippen molar-refractivity contribution < 1.29 is 0 Å². The standard InChI is InChI=1S/C63H32N10/c1-67-49-29-47(30-50(35-49)68-2)54-34-48(63-71-61(41-14-6-4-7-15-41)70-62(72-63)42-16-8-5-9-17-42)33-53(46-27-39(36-64)26-40(28-46)37-65)60(54)73-58-24-22-43(51-19-11-10-18-45(51)38-66)31-55(58)56-32-44(23-25-59(56)73)52-20-12-13-21-57(52)69-3/h4-35H. The van der Waals surface area contributed by atoms with Gasteiger partial charge in [0.15, 0.2) is 34.5 Å². The highest BCUT2D eigenvalue weighted by Crippen LogP contribution is 2.47. The maximum atomic E-state index is 10.5. The van der Waals surface area contributed by atoms with E-state index < -0.39 is 0 Å². The molecule has 0 saturated carbocycles. The number of hydrogen-bond acceptors (Lipinski definition) is 6. The summed E-state index contributed by atoms with van der Waals surface area (Å²) in [6, 6.07) is 67.3.